The van der Waals surface area contributed by atoms with Crippen molar-refractivity contribution in [2.75, 3.05) is 7.11 Å². The largest absolute Gasteiger partial charge is 0.508 e. The number of carbonyl (C=O) groups excluding carboxylic acids is 2. The minimum Gasteiger partial charge on any atom is -0.508 e. The maximum atomic E-state index is 12.9. The van der Waals surface area contributed by atoms with Crippen LogP contribution in [0.5, 0.6) is 5.75 Å². The van der Waals surface area contributed by atoms with Gasteiger partial charge in [0, 0.05) is 18.3 Å². The number of esters is 1. The molecule has 4 heteroatoms. The van der Waals surface area contributed by atoms with Crippen LogP contribution in [0.3, 0.4) is 0 Å². The van der Waals surface area contributed by atoms with Crippen molar-refractivity contribution in [1.82, 2.24) is 0 Å². The number of methoxy groups -OCH3 is 1. The number of ether oxygens (including phenoxy) is 1. The van der Waals surface area contributed by atoms with Gasteiger partial charge in [-0.15, -0.1) is 0 Å². The van der Waals surface area contributed by atoms with Crippen LogP contribution in [-0.4, -0.2) is 24.0 Å². The van der Waals surface area contributed by atoms with Crippen LogP contribution >= 0.6 is 0 Å². The summed E-state index contributed by atoms with van der Waals surface area (Å²) in [6.45, 7) is 6.17. The van der Waals surface area contributed by atoms with Gasteiger partial charge in [-0.1, -0.05) is 26.8 Å². The molecule has 2 fully saturated rings. The van der Waals surface area contributed by atoms with E-state index >= 15 is 0 Å². The van der Waals surface area contributed by atoms with Gasteiger partial charge in [0.2, 0.25) is 0 Å². The Morgan fingerprint density at radius 1 is 1.29 bits per heavy atom. The van der Waals surface area contributed by atoms with Crippen molar-refractivity contribution >= 4 is 11.8 Å². The molecule has 4 rings (SSSR count). The highest BCUT2D eigenvalue weighted by Gasteiger charge is 2.58. The number of hydrogen-bond donors (Lipinski definition) is 1. The molecule has 2 saturated carbocycles. The van der Waals surface area contributed by atoms with Crippen molar-refractivity contribution in [1.29, 1.82) is 0 Å². The number of phenols is 1. The number of carbonyl (C=O) groups is 2. The fourth-order valence-corrected chi connectivity index (χ4v) is 6.30. The summed E-state index contributed by atoms with van der Waals surface area (Å²) in [6, 6.07) is 5.79. The minimum atomic E-state index is -0.226. The van der Waals surface area contributed by atoms with Crippen molar-refractivity contribution in [3.05, 3.63) is 29.3 Å². The van der Waals surface area contributed by atoms with Gasteiger partial charge in [0.1, 0.15) is 11.5 Å². The molecule has 0 bridgehead atoms. The van der Waals surface area contributed by atoms with E-state index in [1.54, 1.807) is 6.07 Å². The lowest BCUT2D eigenvalue weighted by Gasteiger charge is -2.50. The highest BCUT2D eigenvalue weighted by molar-refractivity contribution is 5.87. The molecule has 28 heavy (non-hydrogen) atoms. The van der Waals surface area contributed by atoms with Gasteiger partial charge in [-0.25, -0.2) is 0 Å². The predicted octanol–water partition coefficient (Wildman–Crippen LogP) is 5.02. The zero-order valence-electron chi connectivity index (χ0n) is 17.7. The summed E-state index contributed by atoms with van der Waals surface area (Å²) in [4.78, 5) is 24.5. The fourth-order valence-electron chi connectivity index (χ4n) is 6.30. The zero-order valence-corrected chi connectivity index (χ0v) is 17.7. The van der Waals surface area contributed by atoms with E-state index in [0.717, 1.165) is 32.1 Å². The molecule has 0 aliphatic heterocycles. The molecule has 0 radical (unpaired) electrons. The molecule has 3 aliphatic rings. The van der Waals surface area contributed by atoms with Gasteiger partial charge in [0.25, 0.3) is 0 Å². The number of phenolic OH excluding ortho intramolecular Hbond substituents is 1. The van der Waals surface area contributed by atoms with Gasteiger partial charge < -0.3 is 9.84 Å². The second-order valence-electron chi connectivity index (χ2n) is 8.68. The Balaban J connectivity index is 0.00000109. The molecule has 0 amide bonds. The van der Waals surface area contributed by atoms with E-state index < -0.39 is 0 Å². The minimum absolute atomic E-state index is 0.178. The van der Waals surface area contributed by atoms with Gasteiger partial charge in [-0.3, -0.25) is 9.59 Å². The lowest BCUT2D eigenvalue weighted by molar-refractivity contribution is -0.141. The number of benzene rings is 1. The first kappa shape index (κ1) is 20.9. The number of ketones is 1. The Morgan fingerprint density at radius 2 is 2.04 bits per heavy atom. The van der Waals surface area contributed by atoms with Crippen molar-refractivity contribution < 1.29 is 19.4 Å². The maximum absolute atomic E-state index is 12.9. The number of rotatable bonds is 3. The van der Waals surface area contributed by atoms with Gasteiger partial charge >= 0.3 is 5.97 Å². The number of fused-ring (bicyclic) bond motifs is 5. The molecular formula is C24H34O4. The quantitative estimate of drug-likeness (QED) is 0.741. The standard InChI is InChI=1S/C22H28O4.C2H6/c1-22-10-9-17-16-7-5-15(23)11-13(16)3-6-18(17)21(22)14(12-19(22)24)4-8-20(25)26-2;1-2/h5,7,11,14,17-18,21,23H,3-4,6,8-10,12H2,1-2H3;1-2H3. The molecule has 1 N–H and O–H groups in total. The molecule has 1 aromatic carbocycles. The molecule has 0 heterocycles. The number of aryl methyl sites for hydroxylation is 1. The van der Waals surface area contributed by atoms with E-state index in [1.807, 2.05) is 19.9 Å². The molecule has 154 valence electrons. The van der Waals surface area contributed by atoms with Crippen LogP contribution in [-0.2, 0) is 20.7 Å². The van der Waals surface area contributed by atoms with E-state index in [-0.39, 0.29) is 17.3 Å². The molecule has 0 saturated heterocycles. The number of aromatic hydroxyl groups is 1. The highest BCUT2D eigenvalue weighted by atomic mass is 16.5. The number of hydrogen-bond acceptors (Lipinski definition) is 4. The third-order valence-corrected chi connectivity index (χ3v) is 7.50. The van der Waals surface area contributed by atoms with Gasteiger partial charge in [0.05, 0.1) is 7.11 Å². The van der Waals surface area contributed by atoms with Gasteiger partial charge in [0.15, 0.2) is 0 Å². The van der Waals surface area contributed by atoms with Crippen LogP contribution in [0.4, 0.5) is 0 Å². The van der Waals surface area contributed by atoms with Gasteiger partial charge in [-0.05, 0) is 79.0 Å². The first-order chi connectivity index (χ1) is 13.4. The molecule has 1 aromatic rings. The maximum Gasteiger partial charge on any atom is 0.305 e. The van der Waals surface area contributed by atoms with Crippen LogP contribution in [0.2, 0.25) is 0 Å². The summed E-state index contributed by atoms with van der Waals surface area (Å²) >= 11 is 0. The van der Waals surface area contributed by atoms with Crippen LogP contribution in [0.15, 0.2) is 18.2 Å². The van der Waals surface area contributed by atoms with E-state index in [4.69, 9.17) is 4.74 Å². The molecule has 5 unspecified atom stereocenters. The topological polar surface area (TPSA) is 63.6 Å². The van der Waals surface area contributed by atoms with Crippen molar-refractivity contribution in [3.63, 3.8) is 0 Å². The second-order valence-corrected chi connectivity index (χ2v) is 8.68. The third kappa shape index (κ3) is 3.46. The Kier molecular flexibility index (Phi) is 6.16. The fraction of sp³-hybridized carbons (Fsp3) is 0.667. The molecule has 3 aliphatic carbocycles. The van der Waals surface area contributed by atoms with E-state index in [1.165, 1.54) is 18.2 Å². The van der Waals surface area contributed by atoms with Crippen LogP contribution < -0.4 is 0 Å². The Morgan fingerprint density at radius 3 is 2.75 bits per heavy atom. The Hall–Kier alpha value is -1.84. The summed E-state index contributed by atoms with van der Waals surface area (Å²) in [5.74, 6) is 2.19. The normalized spacial score (nSPS) is 33.1. The van der Waals surface area contributed by atoms with Crippen LogP contribution in [0.25, 0.3) is 0 Å². The smallest absolute Gasteiger partial charge is 0.305 e. The molecule has 0 aromatic heterocycles. The Bertz CT molecular complexity index is 740. The average molecular weight is 387 g/mol. The first-order valence-electron chi connectivity index (χ1n) is 10.9. The molecule has 5 atom stereocenters. The Labute approximate surface area is 168 Å². The summed E-state index contributed by atoms with van der Waals surface area (Å²) in [5, 5.41) is 9.81. The average Bonchev–Trinajstić information content (AvgIpc) is 2.97. The highest BCUT2D eigenvalue weighted by Crippen LogP contribution is 2.62. The van der Waals surface area contributed by atoms with Crippen LogP contribution in [0, 0.1) is 23.2 Å². The number of Topliss-reactive ketones (excluding diaryl/α,β-unsaturated/α-hetero) is 1. The SMILES string of the molecule is CC.COC(=O)CCC1CC(=O)C2(C)CCC3c4ccc(O)cc4CCC3C12. The van der Waals surface area contributed by atoms with Crippen LogP contribution in [0.1, 0.15) is 76.3 Å². The summed E-state index contributed by atoms with van der Waals surface area (Å²) in [6.07, 6.45) is 5.80. The molecular weight excluding hydrogens is 352 g/mol. The van der Waals surface area contributed by atoms with Crippen molar-refractivity contribution in [3.8, 4) is 5.75 Å². The van der Waals surface area contributed by atoms with E-state index in [0.29, 0.717) is 42.1 Å². The zero-order chi connectivity index (χ0) is 20.5. The second kappa shape index (κ2) is 8.26. The van der Waals surface area contributed by atoms with E-state index in [9.17, 15) is 14.7 Å². The lowest BCUT2D eigenvalue weighted by Crippen LogP contribution is -2.44. The molecule has 4 nitrogen and oxygen atoms in total. The summed E-state index contributed by atoms with van der Waals surface area (Å²) in [5.41, 5.74) is 2.41. The van der Waals surface area contributed by atoms with Crippen molar-refractivity contribution in [2.24, 2.45) is 23.2 Å². The van der Waals surface area contributed by atoms with E-state index in [2.05, 4.69) is 13.0 Å². The van der Waals surface area contributed by atoms with Gasteiger partial charge in [-0.2, -0.15) is 0 Å². The molecule has 0 spiro atoms. The van der Waals surface area contributed by atoms with Crippen molar-refractivity contribution in [2.45, 2.75) is 71.6 Å². The predicted molar refractivity (Wildman–Crippen MR) is 109 cm³/mol. The summed E-state index contributed by atoms with van der Waals surface area (Å²) in [7, 11) is 1.43. The monoisotopic (exact) mass is 386 g/mol. The third-order valence-electron chi connectivity index (χ3n) is 7.50. The summed E-state index contributed by atoms with van der Waals surface area (Å²) < 4.78 is 4.81. The lowest BCUT2D eigenvalue weighted by atomic mass is 9.54. The first-order valence-corrected chi connectivity index (χ1v) is 10.9.